The van der Waals surface area contributed by atoms with Crippen LogP contribution in [0.1, 0.15) is 64.1 Å². The van der Waals surface area contributed by atoms with E-state index in [4.69, 9.17) is 4.74 Å². The number of likely N-dealkylation sites (tertiary alicyclic amines) is 1. The van der Waals surface area contributed by atoms with Crippen LogP contribution in [0.4, 0.5) is 0 Å². The smallest absolute Gasteiger partial charge is 0.119 e. The summed E-state index contributed by atoms with van der Waals surface area (Å²) >= 11 is 0. The fraction of sp³-hybridized carbons (Fsp3) is 0.714. The lowest BCUT2D eigenvalue weighted by Crippen LogP contribution is -2.39. The summed E-state index contributed by atoms with van der Waals surface area (Å²) in [5.41, 5.74) is 3.06. The third-order valence-electron chi connectivity index (χ3n) is 5.69. The van der Waals surface area contributed by atoms with Gasteiger partial charge in [-0.05, 0) is 89.7 Å². The van der Waals surface area contributed by atoms with Crippen molar-refractivity contribution >= 4 is 0 Å². The Morgan fingerprint density at radius 3 is 2.50 bits per heavy atom. The van der Waals surface area contributed by atoms with Gasteiger partial charge in [-0.2, -0.15) is 0 Å². The number of ether oxygens (including phenoxy) is 1. The molecule has 3 nitrogen and oxygen atoms in total. The number of aryl methyl sites for hydroxylation is 1. The highest BCUT2D eigenvalue weighted by Gasteiger charge is 2.29. The molecule has 0 radical (unpaired) electrons. The first-order valence-corrected chi connectivity index (χ1v) is 9.81. The van der Waals surface area contributed by atoms with Crippen molar-refractivity contribution in [1.29, 1.82) is 0 Å². The van der Waals surface area contributed by atoms with E-state index in [2.05, 4.69) is 55.7 Å². The van der Waals surface area contributed by atoms with Gasteiger partial charge < -0.3 is 4.74 Å². The molecule has 1 fully saturated rings. The van der Waals surface area contributed by atoms with Crippen LogP contribution in [-0.2, 0) is 6.42 Å². The second kappa shape index (κ2) is 7.88. The molecule has 0 saturated carbocycles. The molecule has 0 bridgehead atoms. The van der Waals surface area contributed by atoms with Crippen LogP contribution >= 0.6 is 0 Å². The van der Waals surface area contributed by atoms with Crippen LogP contribution in [-0.4, -0.2) is 48.1 Å². The fourth-order valence-corrected chi connectivity index (χ4v) is 4.48. The lowest BCUT2D eigenvalue weighted by molar-refractivity contribution is 0.142. The van der Waals surface area contributed by atoms with Gasteiger partial charge in [0, 0.05) is 24.7 Å². The molecule has 0 amide bonds. The van der Waals surface area contributed by atoms with E-state index in [-0.39, 0.29) is 0 Å². The maximum Gasteiger partial charge on any atom is 0.119 e. The number of fused-ring (bicyclic) bond motifs is 1. The van der Waals surface area contributed by atoms with E-state index >= 15 is 0 Å². The van der Waals surface area contributed by atoms with Gasteiger partial charge >= 0.3 is 0 Å². The molecule has 0 spiro atoms. The first-order valence-electron chi connectivity index (χ1n) is 9.81. The highest BCUT2D eigenvalue weighted by molar-refractivity contribution is 5.40. The van der Waals surface area contributed by atoms with Crippen molar-refractivity contribution in [1.82, 2.24) is 9.80 Å². The monoisotopic (exact) mass is 330 g/mol. The summed E-state index contributed by atoms with van der Waals surface area (Å²) < 4.78 is 6.07. The van der Waals surface area contributed by atoms with Crippen molar-refractivity contribution in [2.75, 3.05) is 26.2 Å². The maximum atomic E-state index is 6.07. The van der Waals surface area contributed by atoms with Gasteiger partial charge in [0.2, 0.25) is 0 Å². The summed E-state index contributed by atoms with van der Waals surface area (Å²) in [4.78, 5) is 5.16. The molecule has 24 heavy (non-hydrogen) atoms. The Morgan fingerprint density at radius 2 is 1.83 bits per heavy atom. The van der Waals surface area contributed by atoms with Gasteiger partial charge in [0.1, 0.15) is 12.4 Å². The molecular weight excluding hydrogens is 296 g/mol. The zero-order valence-electron chi connectivity index (χ0n) is 15.9. The summed E-state index contributed by atoms with van der Waals surface area (Å²) in [6.07, 6.45) is 5.23. The van der Waals surface area contributed by atoms with Crippen LogP contribution in [0.25, 0.3) is 0 Å². The lowest BCUT2D eigenvalue weighted by atomic mass is 10.1. The van der Waals surface area contributed by atoms with E-state index in [0.717, 1.165) is 18.9 Å². The van der Waals surface area contributed by atoms with Crippen molar-refractivity contribution in [2.24, 2.45) is 0 Å². The lowest BCUT2D eigenvalue weighted by Gasteiger charge is -2.30. The Balaban J connectivity index is 1.57. The third kappa shape index (κ3) is 3.94. The number of nitrogens with zero attached hydrogens (tertiary/aromatic N) is 2. The number of benzene rings is 1. The van der Waals surface area contributed by atoms with Gasteiger partial charge in [0.05, 0.1) is 0 Å². The summed E-state index contributed by atoms with van der Waals surface area (Å²) in [7, 11) is 0. The van der Waals surface area contributed by atoms with Gasteiger partial charge in [0.15, 0.2) is 0 Å². The Kier molecular flexibility index (Phi) is 5.83. The van der Waals surface area contributed by atoms with Crippen LogP contribution < -0.4 is 4.74 Å². The Labute approximate surface area is 148 Å². The molecule has 2 aliphatic rings. The van der Waals surface area contributed by atoms with Gasteiger partial charge in [0.25, 0.3) is 0 Å². The van der Waals surface area contributed by atoms with Gasteiger partial charge in [-0.1, -0.05) is 6.07 Å². The summed E-state index contributed by atoms with van der Waals surface area (Å²) in [6.45, 7) is 13.3. The van der Waals surface area contributed by atoms with E-state index in [0.29, 0.717) is 18.1 Å². The first-order chi connectivity index (χ1) is 11.6. The molecule has 1 saturated heterocycles. The predicted octanol–water partition coefficient (Wildman–Crippen LogP) is 4.27. The van der Waals surface area contributed by atoms with E-state index < -0.39 is 0 Å². The van der Waals surface area contributed by atoms with Gasteiger partial charge in [-0.15, -0.1) is 0 Å². The largest absolute Gasteiger partial charge is 0.492 e. The van der Waals surface area contributed by atoms with Gasteiger partial charge in [-0.25, -0.2) is 0 Å². The topological polar surface area (TPSA) is 15.7 Å². The Morgan fingerprint density at radius 1 is 1.12 bits per heavy atom. The molecule has 1 aliphatic heterocycles. The van der Waals surface area contributed by atoms with Crippen LogP contribution in [0.3, 0.4) is 0 Å². The Hall–Kier alpha value is -1.06. The molecule has 3 rings (SSSR count). The second-order valence-corrected chi connectivity index (χ2v) is 7.93. The molecule has 1 atom stereocenters. The average molecular weight is 331 g/mol. The summed E-state index contributed by atoms with van der Waals surface area (Å²) in [5, 5.41) is 0. The van der Waals surface area contributed by atoms with Crippen molar-refractivity contribution in [2.45, 2.75) is 71.5 Å². The molecule has 0 aromatic heterocycles. The minimum Gasteiger partial charge on any atom is -0.492 e. The fourth-order valence-electron chi connectivity index (χ4n) is 4.48. The molecule has 134 valence electrons. The highest BCUT2D eigenvalue weighted by Crippen LogP contribution is 2.38. The Bertz CT molecular complexity index is 527. The summed E-state index contributed by atoms with van der Waals surface area (Å²) in [6, 6.07) is 8.59. The zero-order valence-corrected chi connectivity index (χ0v) is 15.9. The van der Waals surface area contributed by atoms with E-state index in [1.165, 1.54) is 44.3 Å². The van der Waals surface area contributed by atoms with Crippen LogP contribution in [0.5, 0.6) is 5.75 Å². The minimum atomic E-state index is 0.565. The van der Waals surface area contributed by atoms with E-state index in [1.807, 2.05) is 0 Å². The number of hydrogen-bond donors (Lipinski definition) is 0. The quantitative estimate of drug-likeness (QED) is 0.742. The molecule has 1 aromatic carbocycles. The summed E-state index contributed by atoms with van der Waals surface area (Å²) in [5.74, 6) is 1.04. The molecule has 1 aliphatic carbocycles. The maximum absolute atomic E-state index is 6.07. The number of hydrogen-bond acceptors (Lipinski definition) is 3. The van der Waals surface area contributed by atoms with E-state index in [1.54, 1.807) is 5.56 Å². The normalized spacial score (nSPS) is 21.2. The van der Waals surface area contributed by atoms with Crippen LogP contribution in [0.15, 0.2) is 18.2 Å². The SMILES string of the molecule is CC(C)N(CCOc1ccc2c(c1)CCC2N1CCCC1)C(C)C. The predicted molar refractivity (Wildman–Crippen MR) is 101 cm³/mol. The molecule has 1 heterocycles. The van der Waals surface area contributed by atoms with Crippen molar-refractivity contribution in [3.05, 3.63) is 29.3 Å². The van der Waals surface area contributed by atoms with Crippen LogP contribution in [0.2, 0.25) is 0 Å². The molecule has 3 heteroatoms. The molecule has 0 N–H and O–H groups in total. The van der Waals surface area contributed by atoms with Crippen molar-refractivity contribution in [3.63, 3.8) is 0 Å². The third-order valence-corrected chi connectivity index (χ3v) is 5.69. The number of rotatable bonds is 7. The van der Waals surface area contributed by atoms with E-state index in [9.17, 15) is 0 Å². The van der Waals surface area contributed by atoms with Crippen molar-refractivity contribution < 1.29 is 4.74 Å². The molecule has 1 unspecified atom stereocenters. The molecule has 1 aromatic rings. The average Bonchev–Trinajstić information content (AvgIpc) is 3.19. The van der Waals surface area contributed by atoms with Gasteiger partial charge in [-0.3, -0.25) is 9.80 Å². The molecular formula is C21H34N2O. The zero-order chi connectivity index (χ0) is 17.1. The highest BCUT2D eigenvalue weighted by atomic mass is 16.5. The minimum absolute atomic E-state index is 0.565. The second-order valence-electron chi connectivity index (χ2n) is 7.93. The first kappa shape index (κ1) is 17.8. The van der Waals surface area contributed by atoms with Crippen molar-refractivity contribution in [3.8, 4) is 5.75 Å². The van der Waals surface area contributed by atoms with Crippen LogP contribution in [0, 0.1) is 0 Å². The standard InChI is InChI=1S/C21H34N2O/c1-16(2)23(17(3)4)13-14-24-19-8-9-20-18(15-19)7-10-21(20)22-11-5-6-12-22/h8-9,15-17,21H,5-7,10-14H2,1-4H3.